The summed E-state index contributed by atoms with van der Waals surface area (Å²) in [5.74, 6) is 0.575. The highest BCUT2D eigenvalue weighted by Crippen LogP contribution is 2.22. The van der Waals surface area contributed by atoms with E-state index >= 15 is 0 Å². The van der Waals surface area contributed by atoms with Gasteiger partial charge in [-0.25, -0.2) is 4.98 Å². The van der Waals surface area contributed by atoms with Crippen LogP contribution in [0, 0.1) is 5.92 Å². The molecule has 0 bridgehead atoms. The van der Waals surface area contributed by atoms with E-state index in [9.17, 15) is 4.79 Å². The Labute approximate surface area is 109 Å². The van der Waals surface area contributed by atoms with Crippen molar-refractivity contribution in [3.8, 4) is 0 Å². The molecule has 1 unspecified atom stereocenters. The molecular formula is C13H15N3OS. The van der Waals surface area contributed by atoms with Crippen LogP contribution in [0.2, 0.25) is 0 Å². The summed E-state index contributed by atoms with van der Waals surface area (Å²) in [4.78, 5) is 16.1. The van der Waals surface area contributed by atoms with Crippen molar-refractivity contribution < 1.29 is 4.79 Å². The van der Waals surface area contributed by atoms with Gasteiger partial charge in [-0.1, -0.05) is 0 Å². The van der Waals surface area contributed by atoms with Gasteiger partial charge in [-0.2, -0.15) is 0 Å². The van der Waals surface area contributed by atoms with Gasteiger partial charge in [0.15, 0.2) is 0 Å². The smallest absolute Gasteiger partial charge is 0.224 e. The van der Waals surface area contributed by atoms with E-state index in [1.165, 1.54) is 0 Å². The minimum Gasteiger partial charge on any atom is -0.326 e. The lowest BCUT2D eigenvalue weighted by atomic mass is 10.0. The van der Waals surface area contributed by atoms with E-state index in [1.807, 2.05) is 23.7 Å². The molecule has 1 amide bonds. The molecule has 1 fully saturated rings. The maximum atomic E-state index is 11.9. The Balaban J connectivity index is 1.65. The number of amides is 1. The van der Waals surface area contributed by atoms with Crippen LogP contribution < -0.4 is 10.6 Å². The molecule has 18 heavy (non-hydrogen) atoms. The van der Waals surface area contributed by atoms with E-state index in [0.717, 1.165) is 35.4 Å². The summed E-state index contributed by atoms with van der Waals surface area (Å²) in [5.41, 5.74) is 3.60. The van der Waals surface area contributed by atoms with Crippen LogP contribution in [-0.4, -0.2) is 24.0 Å². The minimum atomic E-state index is 0.0956. The van der Waals surface area contributed by atoms with E-state index in [2.05, 4.69) is 15.6 Å². The summed E-state index contributed by atoms with van der Waals surface area (Å²) < 4.78 is 1.15. The van der Waals surface area contributed by atoms with Crippen molar-refractivity contribution >= 4 is 33.1 Å². The number of rotatable bonds is 3. The van der Waals surface area contributed by atoms with Gasteiger partial charge in [-0.05, 0) is 43.6 Å². The number of thiazole rings is 1. The first-order valence-corrected chi connectivity index (χ1v) is 7.03. The Kier molecular flexibility index (Phi) is 3.25. The van der Waals surface area contributed by atoms with Crippen LogP contribution in [0.15, 0.2) is 23.7 Å². The standard InChI is InChI=1S/C13H15N3OS/c17-13(5-9-3-4-14-7-9)16-10-1-2-12-11(6-10)15-8-18-12/h1-2,6,8-9,14H,3-5,7H2,(H,16,17). The Hall–Kier alpha value is -1.46. The zero-order valence-corrected chi connectivity index (χ0v) is 10.8. The second-order valence-corrected chi connectivity index (χ2v) is 5.53. The summed E-state index contributed by atoms with van der Waals surface area (Å²) in [6.07, 6.45) is 1.70. The van der Waals surface area contributed by atoms with Crippen molar-refractivity contribution in [3.63, 3.8) is 0 Å². The molecule has 1 aliphatic heterocycles. The number of aromatic nitrogens is 1. The fourth-order valence-electron chi connectivity index (χ4n) is 2.30. The lowest BCUT2D eigenvalue weighted by Crippen LogP contribution is -2.18. The minimum absolute atomic E-state index is 0.0956. The molecule has 3 rings (SSSR count). The molecule has 1 aromatic heterocycles. The van der Waals surface area contributed by atoms with Crippen molar-refractivity contribution in [1.29, 1.82) is 0 Å². The van der Waals surface area contributed by atoms with E-state index < -0.39 is 0 Å². The fraction of sp³-hybridized carbons (Fsp3) is 0.385. The van der Waals surface area contributed by atoms with Crippen LogP contribution in [0.5, 0.6) is 0 Å². The van der Waals surface area contributed by atoms with Crippen molar-refractivity contribution in [2.75, 3.05) is 18.4 Å². The number of nitrogens with one attached hydrogen (secondary N) is 2. The normalized spacial score (nSPS) is 19.2. The number of benzene rings is 1. The number of carbonyl (C=O) groups excluding carboxylic acids is 1. The van der Waals surface area contributed by atoms with E-state index in [-0.39, 0.29) is 5.91 Å². The lowest BCUT2D eigenvalue weighted by molar-refractivity contribution is -0.116. The van der Waals surface area contributed by atoms with E-state index in [4.69, 9.17) is 0 Å². The molecule has 5 heteroatoms. The first-order valence-electron chi connectivity index (χ1n) is 6.15. The second-order valence-electron chi connectivity index (χ2n) is 4.65. The monoisotopic (exact) mass is 261 g/mol. The number of carbonyl (C=O) groups is 1. The maximum Gasteiger partial charge on any atom is 0.224 e. The van der Waals surface area contributed by atoms with Crippen molar-refractivity contribution in [3.05, 3.63) is 23.7 Å². The molecule has 2 N–H and O–H groups in total. The Morgan fingerprint density at radius 1 is 1.56 bits per heavy atom. The summed E-state index contributed by atoms with van der Waals surface area (Å²) >= 11 is 1.61. The molecule has 0 radical (unpaired) electrons. The molecule has 1 aromatic carbocycles. The summed E-state index contributed by atoms with van der Waals surface area (Å²) in [5, 5.41) is 6.22. The number of hydrogen-bond acceptors (Lipinski definition) is 4. The molecular weight excluding hydrogens is 246 g/mol. The molecule has 94 valence electrons. The first-order chi connectivity index (χ1) is 8.81. The van der Waals surface area contributed by atoms with E-state index in [0.29, 0.717) is 12.3 Å². The fourth-order valence-corrected chi connectivity index (χ4v) is 2.96. The summed E-state index contributed by atoms with van der Waals surface area (Å²) in [6, 6.07) is 5.86. The molecule has 4 nitrogen and oxygen atoms in total. The topological polar surface area (TPSA) is 54.0 Å². The Morgan fingerprint density at radius 2 is 2.50 bits per heavy atom. The van der Waals surface area contributed by atoms with Gasteiger partial charge in [0.2, 0.25) is 5.91 Å². The maximum absolute atomic E-state index is 11.9. The molecule has 1 aliphatic rings. The zero-order valence-electron chi connectivity index (χ0n) is 9.98. The van der Waals surface area contributed by atoms with Crippen LogP contribution in [0.3, 0.4) is 0 Å². The molecule has 1 saturated heterocycles. The third kappa shape index (κ3) is 2.52. The largest absolute Gasteiger partial charge is 0.326 e. The second kappa shape index (κ2) is 5.04. The molecule has 2 aromatic rings. The van der Waals surface area contributed by atoms with Gasteiger partial charge in [-0.3, -0.25) is 4.79 Å². The van der Waals surface area contributed by atoms with Crippen LogP contribution in [0.1, 0.15) is 12.8 Å². The van der Waals surface area contributed by atoms with Gasteiger partial charge in [0.25, 0.3) is 0 Å². The molecule has 0 spiro atoms. The summed E-state index contributed by atoms with van der Waals surface area (Å²) in [7, 11) is 0. The predicted octanol–water partition coefficient (Wildman–Crippen LogP) is 2.23. The van der Waals surface area contributed by atoms with Gasteiger partial charge >= 0.3 is 0 Å². The van der Waals surface area contributed by atoms with Crippen LogP contribution >= 0.6 is 11.3 Å². The van der Waals surface area contributed by atoms with Gasteiger partial charge in [-0.15, -0.1) is 11.3 Å². The molecule has 1 atom stereocenters. The zero-order chi connectivity index (χ0) is 12.4. The number of hydrogen-bond donors (Lipinski definition) is 2. The van der Waals surface area contributed by atoms with Gasteiger partial charge in [0.1, 0.15) is 0 Å². The lowest BCUT2D eigenvalue weighted by Gasteiger charge is -2.09. The Bertz CT molecular complexity index is 560. The molecule has 2 heterocycles. The number of nitrogens with zero attached hydrogens (tertiary/aromatic N) is 1. The van der Waals surface area contributed by atoms with Gasteiger partial charge in [0, 0.05) is 12.1 Å². The quantitative estimate of drug-likeness (QED) is 0.891. The van der Waals surface area contributed by atoms with Crippen LogP contribution in [-0.2, 0) is 4.79 Å². The first kappa shape index (κ1) is 11.6. The van der Waals surface area contributed by atoms with Gasteiger partial charge in [0.05, 0.1) is 15.7 Å². The predicted molar refractivity (Wildman–Crippen MR) is 73.8 cm³/mol. The molecule has 0 aliphatic carbocycles. The van der Waals surface area contributed by atoms with Crippen molar-refractivity contribution in [1.82, 2.24) is 10.3 Å². The average molecular weight is 261 g/mol. The van der Waals surface area contributed by atoms with Crippen LogP contribution in [0.25, 0.3) is 10.2 Å². The van der Waals surface area contributed by atoms with E-state index in [1.54, 1.807) is 11.3 Å². The highest BCUT2D eigenvalue weighted by molar-refractivity contribution is 7.16. The van der Waals surface area contributed by atoms with Crippen molar-refractivity contribution in [2.45, 2.75) is 12.8 Å². The third-order valence-electron chi connectivity index (χ3n) is 3.25. The van der Waals surface area contributed by atoms with Crippen molar-refractivity contribution in [2.24, 2.45) is 5.92 Å². The SMILES string of the molecule is O=C(CC1CCNC1)Nc1ccc2scnc2c1. The average Bonchev–Trinajstić information content (AvgIpc) is 2.98. The van der Waals surface area contributed by atoms with Gasteiger partial charge < -0.3 is 10.6 Å². The summed E-state index contributed by atoms with van der Waals surface area (Å²) in [6.45, 7) is 1.99. The molecule has 0 saturated carbocycles. The number of anilines is 1. The Morgan fingerprint density at radius 3 is 3.33 bits per heavy atom. The van der Waals surface area contributed by atoms with Crippen LogP contribution in [0.4, 0.5) is 5.69 Å². The highest BCUT2D eigenvalue weighted by Gasteiger charge is 2.18. The number of fused-ring (bicyclic) bond motifs is 1. The third-order valence-corrected chi connectivity index (χ3v) is 4.06. The highest BCUT2D eigenvalue weighted by atomic mass is 32.1.